The number of nitrogens with two attached hydrogens (primary N) is 1. The van der Waals surface area contributed by atoms with Crippen LogP contribution in [0.15, 0.2) is 34.7 Å². The summed E-state index contributed by atoms with van der Waals surface area (Å²) >= 11 is 2.39. The summed E-state index contributed by atoms with van der Waals surface area (Å²) in [6.45, 7) is 0. The van der Waals surface area contributed by atoms with E-state index in [2.05, 4.69) is 20.8 Å². The summed E-state index contributed by atoms with van der Waals surface area (Å²) in [4.78, 5) is 23.6. The summed E-state index contributed by atoms with van der Waals surface area (Å²) in [5.74, 6) is -0.431. The number of benzene rings is 1. The average Bonchev–Trinajstić information content (AvgIpc) is 2.90. The minimum atomic E-state index is -0.615. The Morgan fingerprint density at radius 2 is 2.00 bits per heavy atom. The lowest BCUT2D eigenvalue weighted by molar-refractivity contribution is -0.119. The Kier molecular flexibility index (Phi) is 5.12. The molecule has 9 heteroatoms. The zero-order valence-corrected chi connectivity index (χ0v) is 12.7. The van der Waals surface area contributed by atoms with Gasteiger partial charge in [0.1, 0.15) is 5.25 Å². The number of hydrogen-bond acceptors (Lipinski definition) is 7. The average molecular weight is 323 g/mol. The first kappa shape index (κ1) is 15.3. The molecule has 0 radical (unpaired) electrons. The van der Waals surface area contributed by atoms with Crippen LogP contribution in [0.2, 0.25) is 0 Å². The molecule has 0 bridgehead atoms. The molecule has 3 amide bonds. The SMILES string of the molecule is CNC(=O)NC(=O)[C@@H](Sc1nnc(N)s1)c1ccccc1. The largest absolute Gasteiger partial charge is 0.374 e. The highest BCUT2D eigenvalue weighted by molar-refractivity contribution is 8.01. The van der Waals surface area contributed by atoms with Crippen LogP contribution in [0, 0.1) is 0 Å². The number of aromatic nitrogens is 2. The van der Waals surface area contributed by atoms with E-state index in [0.717, 1.165) is 5.56 Å². The number of anilines is 1. The second-order valence-corrected chi connectivity index (χ2v) is 6.24. The summed E-state index contributed by atoms with van der Waals surface area (Å²) in [5, 5.41) is 11.9. The van der Waals surface area contributed by atoms with Crippen LogP contribution >= 0.6 is 23.1 Å². The number of rotatable bonds is 4. The molecule has 0 aliphatic carbocycles. The highest BCUT2D eigenvalue weighted by atomic mass is 32.2. The van der Waals surface area contributed by atoms with Crippen LogP contribution in [0.4, 0.5) is 9.93 Å². The predicted molar refractivity (Wildman–Crippen MR) is 82.0 cm³/mol. The van der Waals surface area contributed by atoms with Crippen molar-refractivity contribution < 1.29 is 9.59 Å². The van der Waals surface area contributed by atoms with Crippen LogP contribution in [0.3, 0.4) is 0 Å². The van der Waals surface area contributed by atoms with E-state index in [0.29, 0.717) is 9.47 Å². The van der Waals surface area contributed by atoms with E-state index in [1.54, 1.807) is 0 Å². The minimum Gasteiger partial charge on any atom is -0.374 e. The number of hydrogen-bond donors (Lipinski definition) is 3. The quantitative estimate of drug-likeness (QED) is 0.734. The lowest BCUT2D eigenvalue weighted by Gasteiger charge is -2.14. The van der Waals surface area contributed by atoms with Gasteiger partial charge in [0.05, 0.1) is 0 Å². The van der Waals surface area contributed by atoms with Crippen molar-refractivity contribution >= 4 is 40.2 Å². The summed E-state index contributed by atoms with van der Waals surface area (Å²) in [5.41, 5.74) is 6.30. The van der Waals surface area contributed by atoms with Crippen LogP contribution < -0.4 is 16.4 Å². The zero-order chi connectivity index (χ0) is 15.2. The smallest absolute Gasteiger partial charge is 0.321 e. The Balaban J connectivity index is 2.22. The van der Waals surface area contributed by atoms with E-state index in [9.17, 15) is 9.59 Å². The van der Waals surface area contributed by atoms with E-state index in [1.807, 2.05) is 30.3 Å². The van der Waals surface area contributed by atoms with Gasteiger partial charge in [-0.05, 0) is 5.56 Å². The molecule has 0 saturated heterocycles. The second kappa shape index (κ2) is 7.04. The first-order valence-electron chi connectivity index (χ1n) is 5.93. The number of amides is 3. The molecule has 2 rings (SSSR count). The molecule has 1 aromatic carbocycles. The Morgan fingerprint density at radius 3 is 2.57 bits per heavy atom. The van der Waals surface area contributed by atoms with Crippen molar-refractivity contribution in [2.24, 2.45) is 0 Å². The van der Waals surface area contributed by atoms with E-state index in [4.69, 9.17) is 5.73 Å². The van der Waals surface area contributed by atoms with Gasteiger partial charge in [-0.15, -0.1) is 10.2 Å². The normalized spacial score (nSPS) is 11.7. The highest BCUT2D eigenvalue weighted by Gasteiger charge is 2.25. The van der Waals surface area contributed by atoms with Gasteiger partial charge in [-0.3, -0.25) is 10.1 Å². The molecule has 2 aromatic rings. The maximum absolute atomic E-state index is 12.3. The third-order valence-electron chi connectivity index (χ3n) is 2.45. The number of carbonyl (C=O) groups is 2. The summed E-state index contributed by atoms with van der Waals surface area (Å²) in [6.07, 6.45) is 0. The molecule has 21 heavy (non-hydrogen) atoms. The first-order valence-corrected chi connectivity index (χ1v) is 7.63. The first-order chi connectivity index (χ1) is 10.1. The Bertz CT molecular complexity index is 632. The third-order valence-corrected chi connectivity index (χ3v) is 4.54. The van der Waals surface area contributed by atoms with Gasteiger partial charge >= 0.3 is 6.03 Å². The second-order valence-electron chi connectivity index (χ2n) is 3.88. The van der Waals surface area contributed by atoms with Gasteiger partial charge in [0.2, 0.25) is 11.0 Å². The third kappa shape index (κ3) is 4.17. The van der Waals surface area contributed by atoms with Crippen LogP contribution in [-0.2, 0) is 4.79 Å². The maximum atomic E-state index is 12.3. The lowest BCUT2D eigenvalue weighted by atomic mass is 10.1. The summed E-state index contributed by atoms with van der Waals surface area (Å²) in [6, 6.07) is 8.56. The molecule has 1 atom stereocenters. The van der Waals surface area contributed by atoms with Crippen molar-refractivity contribution in [3.63, 3.8) is 0 Å². The molecular weight excluding hydrogens is 310 g/mol. The van der Waals surface area contributed by atoms with Gasteiger partial charge in [-0.1, -0.05) is 53.4 Å². The van der Waals surface area contributed by atoms with Crippen molar-refractivity contribution in [2.75, 3.05) is 12.8 Å². The Morgan fingerprint density at radius 1 is 1.29 bits per heavy atom. The molecule has 0 saturated carbocycles. The molecule has 1 heterocycles. The fourth-order valence-corrected chi connectivity index (χ4v) is 3.34. The van der Waals surface area contributed by atoms with Gasteiger partial charge in [0.15, 0.2) is 4.34 Å². The lowest BCUT2D eigenvalue weighted by Crippen LogP contribution is -2.39. The monoisotopic (exact) mass is 323 g/mol. The minimum absolute atomic E-state index is 0.330. The molecule has 0 fully saturated rings. The van der Waals surface area contributed by atoms with Gasteiger partial charge in [0, 0.05) is 7.05 Å². The zero-order valence-electron chi connectivity index (χ0n) is 11.1. The van der Waals surface area contributed by atoms with E-state index in [1.165, 1.54) is 30.1 Å². The molecule has 1 aromatic heterocycles. The fourth-order valence-electron chi connectivity index (χ4n) is 1.51. The van der Waals surface area contributed by atoms with E-state index >= 15 is 0 Å². The van der Waals surface area contributed by atoms with Gasteiger partial charge in [0.25, 0.3) is 0 Å². The molecular formula is C12H13N5O2S2. The standard InChI is InChI=1S/C12H13N5O2S2/c1-14-11(19)15-9(18)8(7-5-3-2-4-6-7)20-12-17-16-10(13)21-12/h2-6,8H,1H3,(H2,13,16)(H2,14,15,18,19)/t8-/m0/s1. The molecule has 0 spiro atoms. The fraction of sp³-hybridized carbons (Fsp3) is 0.167. The number of nitrogens with one attached hydrogen (secondary N) is 2. The molecule has 0 aliphatic rings. The van der Waals surface area contributed by atoms with Crippen molar-refractivity contribution in [2.45, 2.75) is 9.59 Å². The summed E-state index contributed by atoms with van der Waals surface area (Å²) < 4.78 is 0.563. The van der Waals surface area contributed by atoms with Gasteiger partial charge < -0.3 is 11.1 Å². The van der Waals surface area contributed by atoms with Crippen LogP contribution in [0.25, 0.3) is 0 Å². The number of thioether (sulfide) groups is 1. The molecule has 0 aliphatic heterocycles. The molecule has 4 N–H and O–H groups in total. The molecule has 0 unspecified atom stereocenters. The highest BCUT2D eigenvalue weighted by Crippen LogP contribution is 2.37. The van der Waals surface area contributed by atoms with E-state index < -0.39 is 17.2 Å². The van der Waals surface area contributed by atoms with Crippen molar-refractivity contribution in [1.82, 2.24) is 20.8 Å². The number of carbonyl (C=O) groups excluding carboxylic acids is 2. The van der Waals surface area contributed by atoms with Crippen LogP contribution in [-0.4, -0.2) is 29.2 Å². The van der Waals surface area contributed by atoms with Crippen LogP contribution in [0.5, 0.6) is 0 Å². The Hall–Kier alpha value is -2.13. The van der Waals surface area contributed by atoms with Gasteiger partial charge in [-0.25, -0.2) is 4.79 Å². The van der Waals surface area contributed by atoms with Gasteiger partial charge in [-0.2, -0.15) is 0 Å². The van der Waals surface area contributed by atoms with Crippen LogP contribution in [0.1, 0.15) is 10.8 Å². The number of nitrogen functional groups attached to an aromatic ring is 1. The predicted octanol–water partition coefficient (Wildman–Crippen LogP) is 1.41. The number of imide groups is 1. The van der Waals surface area contributed by atoms with Crippen molar-refractivity contribution in [3.05, 3.63) is 35.9 Å². The van der Waals surface area contributed by atoms with Crippen molar-refractivity contribution in [1.29, 1.82) is 0 Å². The van der Waals surface area contributed by atoms with E-state index in [-0.39, 0.29) is 0 Å². The number of nitrogens with zero attached hydrogens (tertiary/aromatic N) is 2. The molecule has 7 nitrogen and oxygen atoms in total. The Labute approximate surface area is 129 Å². The van der Waals surface area contributed by atoms with Crippen molar-refractivity contribution in [3.8, 4) is 0 Å². The number of urea groups is 1. The maximum Gasteiger partial charge on any atom is 0.321 e. The molecule has 110 valence electrons. The topological polar surface area (TPSA) is 110 Å². The summed E-state index contributed by atoms with van der Waals surface area (Å²) in [7, 11) is 1.44.